The lowest BCUT2D eigenvalue weighted by Crippen LogP contribution is -2.28. The number of rotatable bonds is 3. The first kappa shape index (κ1) is 13.7. The number of likely N-dealkylation sites (tertiary alicyclic amines) is 1. The smallest absolute Gasteiger partial charge is 0.303 e. The van der Waals surface area contributed by atoms with Gasteiger partial charge in [0.25, 0.3) is 5.91 Å². The number of amides is 1. The molecule has 1 atom stereocenters. The summed E-state index contributed by atoms with van der Waals surface area (Å²) in [7, 11) is 0. The summed E-state index contributed by atoms with van der Waals surface area (Å²) in [5.74, 6) is -1.08. The summed E-state index contributed by atoms with van der Waals surface area (Å²) < 4.78 is 0. The number of phenolic OH excluding ortho intramolecular Hbond substituents is 1. The molecule has 1 heterocycles. The van der Waals surface area contributed by atoms with Crippen LogP contribution in [0.1, 0.15) is 23.2 Å². The van der Waals surface area contributed by atoms with Gasteiger partial charge in [-0.1, -0.05) is 11.6 Å². The molecule has 0 aliphatic carbocycles. The second kappa shape index (κ2) is 5.48. The Morgan fingerprint density at radius 1 is 1.42 bits per heavy atom. The van der Waals surface area contributed by atoms with Crippen LogP contribution in [0.2, 0.25) is 5.02 Å². The zero-order valence-corrected chi connectivity index (χ0v) is 10.9. The fraction of sp³-hybridized carbons (Fsp3) is 0.385. The van der Waals surface area contributed by atoms with Crippen LogP contribution in [-0.4, -0.2) is 40.1 Å². The first-order valence-electron chi connectivity index (χ1n) is 5.97. The molecular formula is C13H14ClNO4. The molecule has 1 saturated heterocycles. The van der Waals surface area contributed by atoms with Crippen LogP contribution in [0.5, 0.6) is 5.75 Å². The van der Waals surface area contributed by atoms with Crippen molar-refractivity contribution in [1.29, 1.82) is 0 Å². The van der Waals surface area contributed by atoms with E-state index in [4.69, 9.17) is 16.7 Å². The van der Waals surface area contributed by atoms with Gasteiger partial charge in [0, 0.05) is 25.1 Å². The second-order valence-corrected chi connectivity index (χ2v) is 5.08. The first-order chi connectivity index (χ1) is 8.97. The van der Waals surface area contributed by atoms with Gasteiger partial charge < -0.3 is 15.1 Å². The second-order valence-electron chi connectivity index (χ2n) is 4.67. The Bertz CT molecular complexity index is 517. The third-order valence-electron chi connectivity index (χ3n) is 3.23. The summed E-state index contributed by atoms with van der Waals surface area (Å²) in [6.07, 6.45) is 0.782. The topological polar surface area (TPSA) is 77.8 Å². The van der Waals surface area contributed by atoms with E-state index >= 15 is 0 Å². The lowest BCUT2D eigenvalue weighted by Gasteiger charge is -2.16. The molecule has 1 amide bonds. The number of hydrogen-bond donors (Lipinski definition) is 2. The minimum Gasteiger partial charge on any atom is -0.506 e. The van der Waals surface area contributed by atoms with E-state index in [1.807, 2.05) is 0 Å². The van der Waals surface area contributed by atoms with Crippen molar-refractivity contribution in [2.45, 2.75) is 12.8 Å². The Kier molecular flexibility index (Phi) is 3.95. The molecule has 2 N–H and O–H groups in total. The van der Waals surface area contributed by atoms with E-state index in [1.54, 1.807) is 4.90 Å². The highest BCUT2D eigenvalue weighted by atomic mass is 35.5. The molecule has 0 aromatic heterocycles. The van der Waals surface area contributed by atoms with E-state index in [0.717, 1.165) is 0 Å². The van der Waals surface area contributed by atoms with E-state index in [-0.39, 0.29) is 29.0 Å². The van der Waals surface area contributed by atoms with Gasteiger partial charge in [0.15, 0.2) is 0 Å². The van der Waals surface area contributed by atoms with E-state index in [9.17, 15) is 14.7 Å². The summed E-state index contributed by atoms with van der Waals surface area (Å²) in [6, 6.07) is 4.30. The van der Waals surface area contributed by atoms with Crippen molar-refractivity contribution >= 4 is 23.5 Å². The molecule has 1 aromatic carbocycles. The van der Waals surface area contributed by atoms with Gasteiger partial charge >= 0.3 is 5.97 Å². The molecular weight excluding hydrogens is 270 g/mol. The average molecular weight is 284 g/mol. The van der Waals surface area contributed by atoms with E-state index in [0.29, 0.717) is 25.1 Å². The Balaban J connectivity index is 2.04. The van der Waals surface area contributed by atoms with Crippen LogP contribution in [0.4, 0.5) is 0 Å². The number of carboxylic acids is 1. The molecule has 0 radical (unpaired) electrons. The fourth-order valence-electron chi connectivity index (χ4n) is 2.25. The van der Waals surface area contributed by atoms with Gasteiger partial charge in [0.2, 0.25) is 0 Å². The van der Waals surface area contributed by atoms with Gasteiger partial charge in [0.05, 0.1) is 5.02 Å². The molecule has 0 saturated carbocycles. The van der Waals surface area contributed by atoms with Gasteiger partial charge in [-0.2, -0.15) is 0 Å². The highest BCUT2D eigenvalue weighted by Crippen LogP contribution is 2.26. The van der Waals surface area contributed by atoms with Crippen LogP contribution in [0, 0.1) is 5.92 Å². The number of benzene rings is 1. The van der Waals surface area contributed by atoms with Gasteiger partial charge in [-0.3, -0.25) is 9.59 Å². The number of nitrogens with zero attached hydrogens (tertiary/aromatic N) is 1. The fourth-order valence-corrected chi connectivity index (χ4v) is 2.43. The maximum atomic E-state index is 12.2. The molecule has 1 fully saturated rings. The van der Waals surface area contributed by atoms with Gasteiger partial charge in [-0.05, 0) is 30.5 Å². The molecule has 1 aliphatic rings. The molecule has 5 nitrogen and oxygen atoms in total. The minimum absolute atomic E-state index is 0.00837. The highest BCUT2D eigenvalue weighted by molar-refractivity contribution is 6.32. The number of carboxylic acid groups (broad SMARTS) is 1. The van der Waals surface area contributed by atoms with E-state index in [1.165, 1.54) is 18.2 Å². The van der Waals surface area contributed by atoms with Gasteiger partial charge in [0.1, 0.15) is 5.75 Å². The molecule has 19 heavy (non-hydrogen) atoms. The molecule has 102 valence electrons. The minimum atomic E-state index is -0.841. The quantitative estimate of drug-likeness (QED) is 0.889. The van der Waals surface area contributed by atoms with Crippen molar-refractivity contribution in [2.75, 3.05) is 13.1 Å². The Morgan fingerprint density at radius 3 is 2.79 bits per heavy atom. The third-order valence-corrected chi connectivity index (χ3v) is 3.53. The molecule has 0 bridgehead atoms. The standard InChI is InChI=1S/C13H14ClNO4/c14-10-6-9(1-2-11(10)16)13(19)15-4-3-8(7-15)5-12(17)18/h1-2,6,8,16H,3-5,7H2,(H,17,18). The lowest BCUT2D eigenvalue weighted by atomic mass is 10.1. The molecule has 0 spiro atoms. The van der Waals surface area contributed by atoms with Crippen molar-refractivity contribution in [3.05, 3.63) is 28.8 Å². The molecule has 6 heteroatoms. The van der Waals surface area contributed by atoms with Crippen LogP contribution in [0.25, 0.3) is 0 Å². The monoisotopic (exact) mass is 283 g/mol. The van der Waals surface area contributed by atoms with Crippen LogP contribution >= 0.6 is 11.6 Å². The highest BCUT2D eigenvalue weighted by Gasteiger charge is 2.28. The normalized spacial score (nSPS) is 18.6. The predicted molar refractivity (Wildman–Crippen MR) is 69.4 cm³/mol. The summed E-state index contributed by atoms with van der Waals surface area (Å²) in [5, 5.41) is 18.2. The maximum absolute atomic E-state index is 12.2. The number of carbonyl (C=O) groups excluding carboxylic acids is 1. The van der Waals surface area contributed by atoms with Crippen molar-refractivity contribution in [2.24, 2.45) is 5.92 Å². The van der Waals surface area contributed by atoms with Gasteiger partial charge in [-0.25, -0.2) is 0 Å². The molecule has 2 rings (SSSR count). The van der Waals surface area contributed by atoms with Crippen molar-refractivity contribution in [3.8, 4) is 5.75 Å². The van der Waals surface area contributed by atoms with Gasteiger partial charge in [-0.15, -0.1) is 0 Å². The maximum Gasteiger partial charge on any atom is 0.303 e. The number of halogens is 1. The van der Waals surface area contributed by atoms with Crippen LogP contribution in [0.3, 0.4) is 0 Å². The van der Waals surface area contributed by atoms with Crippen LogP contribution in [0.15, 0.2) is 18.2 Å². The third kappa shape index (κ3) is 3.17. The average Bonchev–Trinajstić information content (AvgIpc) is 2.79. The summed E-state index contributed by atoms with van der Waals surface area (Å²) in [4.78, 5) is 24.4. The predicted octanol–water partition coefficient (Wildman–Crippen LogP) is 1.98. The van der Waals surface area contributed by atoms with Crippen molar-refractivity contribution in [3.63, 3.8) is 0 Å². The number of aromatic hydroxyl groups is 1. The zero-order valence-electron chi connectivity index (χ0n) is 10.2. The van der Waals surface area contributed by atoms with Crippen LogP contribution < -0.4 is 0 Å². The van der Waals surface area contributed by atoms with Crippen molar-refractivity contribution < 1.29 is 19.8 Å². The van der Waals surface area contributed by atoms with E-state index in [2.05, 4.69) is 0 Å². The number of phenols is 1. The van der Waals surface area contributed by atoms with Crippen molar-refractivity contribution in [1.82, 2.24) is 4.90 Å². The first-order valence-corrected chi connectivity index (χ1v) is 6.34. The lowest BCUT2D eigenvalue weighted by molar-refractivity contribution is -0.138. The Morgan fingerprint density at radius 2 is 2.16 bits per heavy atom. The van der Waals surface area contributed by atoms with E-state index < -0.39 is 5.97 Å². The Labute approximate surface area is 115 Å². The number of hydrogen-bond acceptors (Lipinski definition) is 3. The number of carbonyl (C=O) groups is 2. The molecule has 1 aromatic rings. The van der Waals surface area contributed by atoms with Crippen LogP contribution in [-0.2, 0) is 4.79 Å². The summed E-state index contributed by atoms with van der Waals surface area (Å²) >= 11 is 5.76. The SMILES string of the molecule is O=C(O)CC1CCN(C(=O)c2ccc(O)c(Cl)c2)C1. The summed E-state index contributed by atoms with van der Waals surface area (Å²) in [6.45, 7) is 0.999. The number of aliphatic carboxylic acids is 1. The molecule has 1 aliphatic heterocycles. The zero-order chi connectivity index (χ0) is 14.0. The Hall–Kier alpha value is -1.75. The molecule has 1 unspecified atom stereocenters. The summed E-state index contributed by atoms with van der Waals surface area (Å²) in [5.41, 5.74) is 0.402. The largest absolute Gasteiger partial charge is 0.506 e.